The molecular weight excluding hydrogens is 522 g/mol. The van der Waals surface area contributed by atoms with Crippen molar-refractivity contribution < 1.29 is 14.3 Å². The van der Waals surface area contributed by atoms with Gasteiger partial charge < -0.3 is 14.4 Å². The van der Waals surface area contributed by atoms with Crippen LogP contribution in [0.25, 0.3) is 0 Å². The van der Waals surface area contributed by atoms with E-state index in [9.17, 15) is 9.90 Å². The molecule has 3 fully saturated rings. The third-order valence-electron chi connectivity index (χ3n) is 10.2. The van der Waals surface area contributed by atoms with Crippen LogP contribution in [0.5, 0.6) is 0 Å². The topological polar surface area (TPSA) is 69.8 Å². The van der Waals surface area contributed by atoms with Crippen LogP contribution in [0.4, 0.5) is 0 Å². The highest BCUT2D eigenvalue weighted by atomic mass is 16.4. The molecule has 0 spiro atoms. The number of oxazole rings is 1. The molecule has 1 saturated carbocycles. The van der Waals surface area contributed by atoms with Crippen molar-refractivity contribution in [2.45, 2.75) is 83.1 Å². The minimum atomic E-state index is -0.642. The lowest BCUT2D eigenvalue weighted by molar-refractivity contribution is -0.144. The van der Waals surface area contributed by atoms with E-state index in [4.69, 9.17) is 9.40 Å². The van der Waals surface area contributed by atoms with Gasteiger partial charge in [-0.05, 0) is 68.7 Å². The second-order valence-electron chi connectivity index (χ2n) is 13.1. The molecule has 3 aliphatic rings. The first-order chi connectivity index (χ1) is 20.5. The molecule has 1 aliphatic carbocycles. The summed E-state index contributed by atoms with van der Waals surface area (Å²) in [4.78, 5) is 22.2. The first kappa shape index (κ1) is 29.1. The van der Waals surface area contributed by atoms with Gasteiger partial charge in [0.25, 0.3) is 0 Å². The quantitative estimate of drug-likeness (QED) is 0.278. The zero-order valence-electron chi connectivity index (χ0n) is 25.4. The monoisotopic (exact) mass is 569 g/mol. The molecule has 1 aromatic heterocycles. The molecule has 0 radical (unpaired) electrons. The molecule has 3 aromatic rings. The summed E-state index contributed by atoms with van der Waals surface area (Å²) >= 11 is 0. The zero-order chi connectivity index (χ0) is 29.1. The number of hydrogen-bond donors (Lipinski definition) is 1. The van der Waals surface area contributed by atoms with E-state index in [0.717, 1.165) is 82.2 Å². The Bertz CT molecular complexity index is 1330. The Labute approximate surface area is 251 Å². The summed E-state index contributed by atoms with van der Waals surface area (Å²) in [5.74, 6) is 3.09. The van der Waals surface area contributed by atoms with Gasteiger partial charge in [0.05, 0.1) is 5.69 Å². The van der Waals surface area contributed by atoms with Gasteiger partial charge in [-0.25, -0.2) is 4.98 Å². The lowest BCUT2D eigenvalue weighted by atomic mass is 9.80. The maximum absolute atomic E-state index is 12.4. The minimum absolute atomic E-state index is 0.359. The Balaban J connectivity index is 1.12. The number of carbonyl (C=O) groups is 1. The van der Waals surface area contributed by atoms with Crippen molar-refractivity contribution in [2.24, 2.45) is 11.8 Å². The second kappa shape index (κ2) is 13.1. The Hall–Kier alpha value is -2.96. The number of benzene rings is 2. The highest BCUT2D eigenvalue weighted by molar-refractivity contribution is 5.73. The standard InChI is InChI=1S/C36H47N3O3/c1-3-32-35(42-34(37-32)21-27-10-5-4-6-11-27)28-15-17-38(18-16-28)22-30-23-39(33(36(40)41)20-26-12-8-13-26)24-31(30)29-14-7-9-25(2)19-29/h4-7,9-11,14,19,26,28,30-31,33H,3,8,12-13,15-18,20-24H2,1-2H3,(H,40,41)/t30-,31+,33+/m0/s1. The van der Waals surface area contributed by atoms with Crippen LogP contribution in [-0.2, 0) is 17.6 Å². The molecule has 3 heterocycles. The third-order valence-corrected chi connectivity index (χ3v) is 10.2. The van der Waals surface area contributed by atoms with Gasteiger partial charge in [-0.3, -0.25) is 9.69 Å². The number of carboxylic acid groups (broad SMARTS) is 1. The van der Waals surface area contributed by atoms with Crippen LogP contribution in [0.2, 0.25) is 0 Å². The maximum Gasteiger partial charge on any atom is 0.320 e. The van der Waals surface area contributed by atoms with Crippen LogP contribution in [0.1, 0.15) is 91.3 Å². The largest absolute Gasteiger partial charge is 0.480 e. The lowest BCUT2D eigenvalue weighted by Gasteiger charge is -2.34. The molecule has 0 bridgehead atoms. The molecule has 2 saturated heterocycles. The SMILES string of the molecule is CCc1nc(Cc2ccccc2)oc1C1CCN(C[C@H]2CN([C@H](CC3CCC3)C(=O)O)C[C@@H]2c2cccc(C)c2)CC1. The Kier molecular flexibility index (Phi) is 9.11. The molecule has 3 atom stereocenters. The Morgan fingerprint density at radius 2 is 1.83 bits per heavy atom. The fourth-order valence-electron chi connectivity index (χ4n) is 7.61. The van der Waals surface area contributed by atoms with Crippen molar-refractivity contribution in [3.05, 3.63) is 88.6 Å². The molecule has 1 N–H and O–H groups in total. The molecule has 2 aliphatic heterocycles. The fraction of sp³-hybridized carbons (Fsp3) is 0.556. The van der Waals surface area contributed by atoms with E-state index >= 15 is 0 Å². The minimum Gasteiger partial charge on any atom is -0.480 e. The van der Waals surface area contributed by atoms with Gasteiger partial charge in [-0.15, -0.1) is 0 Å². The van der Waals surface area contributed by atoms with Gasteiger partial charge in [0.15, 0.2) is 5.89 Å². The molecular formula is C36H47N3O3. The fourth-order valence-corrected chi connectivity index (χ4v) is 7.61. The first-order valence-electron chi connectivity index (χ1n) is 16.2. The van der Waals surface area contributed by atoms with Crippen molar-refractivity contribution in [1.29, 1.82) is 0 Å². The van der Waals surface area contributed by atoms with E-state index in [-0.39, 0.29) is 6.04 Å². The van der Waals surface area contributed by atoms with E-state index < -0.39 is 5.97 Å². The van der Waals surface area contributed by atoms with Crippen LogP contribution in [-0.4, -0.2) is 64.6 Å². The number of carboxylic acids is 1. The van der Waals surface area contributed by atoms with Gasteiger partial charge in [0, 0.05) is 37.9 Å². The van der Waals surface area contributed by atoms with Crippen LogP contribution < -0.4 is 0 Å². The van der Waals surface area contributed by atoms with Crippen molar-refractivity contribution >= 4 is 5.97 Å². The number of aliphatic carboxylic acids is 1. The summed E-state index contributed by atoms with van der Waals surface area (Å²) in [7, 11) is 0. The van der Waals surface area contributed by atoms with E-state index in [1.807, 2.05) is 6.07 Å². The zero-order valence-corrected chi connectivity index (χ0v) is 25.4. The highest BCUT2D eigenvalue weighted by Crippen LogP contribution is 2.39. The number of hydrogen-bond acceptors (Lipinski definition) is 5. The second-order valence-corrected chi connectivity index (χ2v) is 13.1. The summed E-state index contributed by atoms with van der Waals surface area (Å²) in [6.07, 6.45) is 8.24. The maximum atomic E-state index is 12.4. The van der Waals surface area contributed by atoms with Crippen LogP contribution >= 0.6 is 0 Å². The summed E-state index contributed by atoms with van der Waals surface area (Å²) in [5, 5.41) is 10.2. The predicted octanol–water partition coefficient (Wildman–Crippen LogP) is 6.67. The number of aryl methyl sites for hydroxylation is 2. The van der Waals surface area contributed by atoms with E-state index in [1.54, 1.807) is 0 Å². The van der Waals surface area contributed by atoms with Gasteiger partial charge in [-0.1, -0.05) is 86.3 Å². The van der Waals surface area contributed by atoms with Gasteiger partial charge >= 0.3 is 5.97 Å². The normalized spacial score (nSPS) is 23.2. The lowest BCUT2D eigenvalue weighted by Crippen LogP contribution is -2.43. The first-order valence-corrected chi connectivity index (χ1v) is 16.2. The molecule has 0 unspecified atom stereocenters. The number of likely N-dealkylation sites (tertiary alicyclic amines) is 2. The third kappa shape index (κ3) is 6.65. The van der Waals surface area contributed by atoms with E-state index in [1.165, 1.54) is 36.0 Å². The number of nitrogens with zero attached hydrogens (tertiary/aromatic N) is 3. The molecule has 0 amide bonds. The van der Waals surface area contributed by atoms with Gasteiger partial charge in [0.1, 0.15) is 11.8 Å². The van der Waals surface area contributed by atoms with Crippen LogP contribution in [0, 0.1) is 18.8 Å². The molecule has 224 valence electrons. The molecule has 42 heavy (non-hydrogen) atoms. The molecule has 6 nitrogen and oxygen atoms in total. The van der Waals surface area contributed by atoms with Crippen molar-refractivity contribution in [2.75, 3.05) is 32.7 Å². The number of piperidine rings is 1. The predicted molar refractivity (Wildman–Crippen MR) is 166 cm³/mol. The number of aromatic nitrogens is 1. The summed E-state index contributed by atoms with van der Waals surface area (Å²) < 4.78 is 6.42. The van der Waals surface area contributed by atoms with Crippen LogP contribution in [0.15, 0.2) is 59.0 Å². The smallest absolute Gasteiger partial charge is 0.320 e. The van der Waals surface area contributed by atoms with Gasteiger partial charge in [-0.2, -0.15) is 0 Å². The van der Waals surface area contributed by atoms with Crippen LogP contribution in [0.3, 0.4) is 0 Å². The highest BCUT2D eigenvalue weighted by Gasteiger charge is 2.41. The summed E-state index contributed by atoms with van der Waals surface area (Å²) in [5.41, 5.74) is 5.00. The Morgan fingerprint density at radius 1 is 1.05 bits per heavy atom. The summed E-state index contributed by atoms with van der Waals surface area (Å²) in [6, 6.07) is 19.0. The van der Waals surface area contributed by atoms with Crippen molar-refractivity contribution in [1.82, 2.24) is 14.8 Å². The van der Waals surface area contributed by atoms with E-state index in [0.29, 0.717) is 23.7 Å². The van der Waals surface area contributed by atoms with Crippen molar-refractivity contribution in [3.8, 4) is 0 Å². The Morgan fingerprint density at radius 3 is 2.50 bits per heavy atom. The van der Waals surface area contributed by atoms with E-state index in [2.05, 4.69) is 72.2 Å². The average Bonchev–Trinajstić information content (AvgIpc) is 3.57. The summed E-state index contributed by atoms with van der Waals surface area (Å²) in [6.45, 7) is 9.16. The molecule has 6 rings (SSSR count). The molecule has 6 heteroatoms. The number of rotatable bonds is 11. The van der Waals surface area contributed by atoms with Crippen molar-refractivity contribution in [3.63, 3.8) is 0 Å². The molecule has 2 aromatic carbocycles. The van der Waals surface area contributed by atoms with Gasteiger partial charge in [0.2, 0.25) is 0 Å². The average molecular weight is 570 g/mol.